The van der Waals surface area contributed by atoms with E-state index < -0.39 is 6.75 Å². The van der Waals surface area contributed by atoms with Crippen LogP contribution in [0.25, 0.3) is 0 Å². The minimum atomic E-state index is -3.09. The number of nitrogens with zero attached hydrogens (tertiary/aromatic N) is 6. The Balaban J connectivity index is 3.76. The first-order chi connectivity index (χ1) is 16.3. The Morgan fingerprint density at radius 2 is 0.914 bits per heavy atom. The van der Waals surface area contributed by atoms with Crippen LogP contribution in [0.1, 0.15) is 67.9 Å². The lowest BCUT2D eigenvalue weighted by atomic mass is 9.69. The predicted octanol–water partition coefficient (Wildman–Crippen LogP) is 4.18. The minimum Gasteiger partial charge on any atom is -0.792 e. The highest BCUT2D eigenvalue weighted by atomic mass is 16.9. The van der Waals surface area contributed by atoms with Crippen LogP contribution in [0.15, 0.2) is 55.2 Å². The number of benzene rings is 1. The smallest absolute Gasteiger partial charge is 0.640 e. The Labute approximate surface area is 205 Å². The van der Waals surface area contributed by atoms with E-state index in [0.29, 0.717) is 5.46 Å². The van der Waals surface area contributed by atoms with Crippen LogP contribution in [-0.2, 0) is 19.7 Å². The minimum absolute atomic E-state index is 0.0702. The van der Waals surface area contributed by atoms with Crippen molar-refractivity contribution in [1.29, 1.82) is 0 Å². The zero-order valence-corrected chi connectivity index (χ0v) is 21.5. The van der Waals surface area contributed by atoms with Gasteiger partial charge in [0.2, 0.25) is 0 Å². The van der Waals surface area contributed by atoms with Gasteiger partial charge in [-0.05, 0) is 52.5 Å². The summed E-state index contributed by atoms with van der Waals surface area (Å²) in [5.41, 5.74) is 1.89. The third kappa shape index (κ3) is 8.12. The van der Waals surface area contributed by atoms with Crippen molar-refractivity contribution in [3.05, 3.63) is 45.5 Å². The molecule has 0 aromatic heterocycles. The van der Waals surface area contributed by atoms with E-state index in [4.69, 9.17) is 14.3 Å². The van der Waals surface area contributed by atoms with Crippen LogP contribution in [0.2, 0.25) is 0 Å². The van der Waals surface area contributed by atoms with Gasteiger partial charge in [-0.25, -0.2) is 0 Å². The molecule has 0 unspecified atom stereocenters. The average molecular weight is 486 g/mol. The lowest BCUT2D eigenvalue weighted by Crippen LogP contribution is -2.54. The van der Waals surface area contributed by atoms with Crippen LogP contribution >= 0.6 is 0 Å². The average Bonchev–Trinajstić information content (AvgIpc) is 2.85. The first-order valence-electron chi connectivity index (χ1n) is 10.8. The van der Waals surface area contributed by atoms with Gasteiger partial charge in [-0.15, -0.1) is 15.5 Å². The van der Waals surface area contributed by atoms with Crippen molar-refractivity contribution in [3.8, 4) is 0 Å². The molecule has 192 valence electrons. The molecule has 35 heavy (non-hydrogen) atoms. The molecule has 13 heteroatoms. The lowest BCUT2D eigenvalue weighted by Gasteiger charge is -2.35. The van der Waals surface area contributed by atoms with Crippen LogP contribution in [0.5, 0.6) is 0 Å². The van der Waals surface area contributed by atoms with Gasteiger partial charge in [-0.3, -0.25) is 0 Å². The molecule has 0 aliphatic heterocycles. The fourth-order valence-corrected chi connectivity index (χ4v) is 2.30. The van der Waals surface area contributed by atoms with Gasteiger partial charge in [0.15, 0.2) is 0 Å². The van der Waals surface area contributed by atoms with E-state index in [0.717, 1.165) is 5.56 Å². The molecule has 1 rings (SSSR count). The quantitative estimate of drug-likeness (QED) is 0.273. The van der Waals surface area contributed by atoms with Crippen LogP contribution in [-0.4, -0.2) is 41.0 Å². The predicted molar refractivity (Wildman–Crippen MR) is 143 cm³/mol. The van der Waals surface area contributed by atoms with Crippen molar-refractivity contribution in [3.63, 3.8) is 0 Å². The van der Waals surface area contributed by atoms with Gasteiger partial charge in [0.1, 0.15) is 0 Å². The van der Waals surface area contributed by atoms with E-state index in [9.17, 15) is 15.6 Å². The number of oxime groups is 3. The third-order valence-corrected chi connectivity index (χ3v) is 5.15. The molecular formula is C22H31BN6O6-4. The molecule has 0 bridgehead atoms. The Kier molecular flexibility index (Phi) is 10.4. The first-order valence-corrected chi connectivity index (χ1v) is 10.8. The molecule has 0 spiro atoms. The highest BCUT2D eigenvalue weighted by molar-refractivity contribution is 6.75. The Morgan fingerprint density at radius 1 is 0.600 bits per heavy atom. The fourth-order valence-electron chi connectivity index (χ4n) is 2.30. The maximum absolute atomic E-state index is 10.9. The van der Waals surface area contributed by atoms with Gasteiger partial charge in [-0.1, -0.05) is 50.5 Å². The van der Waals surface area contributed by atoms with E-state index in [-0.39, 0.29) is 39.7 Å². The molecule has 1 aromatic rings. The maximum atomic E-state index is 10.9. The molecule has 0 amide bonds. The Morgan fingerprint density at radius 3 is 1.17 bits per heavy atom. The van der Waals surface area contributed by atoms with E-state index in [1.165, 1.54) is 41.5 Å². The van der Waals surface area contributed by atoms with Crippen molar-refractivity contribution in [2.45, 2.75) is 67.7 Å². The molecular weight excluding hydrogens is 455 g/mol. The van der Waals surface area contributed by atoms with Gasteiger partial charge < -0.3 is 45.4 Å². The summed E-state index contributed by atoms with van der Waals surface area (Å²) >= 11 is 0. The summed E-state index contributed by atoms with van der Waals surface area (Å²) < 4.78 is 17.1. The maximum Gasteiger partial charge on any atom is 0.640 e. The van der Waals surface area contributed by atoms with Crippen LogP contribution in [0.3, 0.4) is 0 Å². The second-order valence-electron chi connectivity index (χ2n) is 8.89. The first kappa shape index (κ1) is 29.1. The third-order valence-electron chi connectivity index (χ3n) is 5.15. The van der Waals surface area contributed by atoms with E-state index in [2.05, 4.69) is 51.7 Å². The summed E-state index contributed by atoms with van der Waals surface area (Å²) in [6.45, 7) is 12.0. The van der Waals surface area contributed by atoms with Crippen molar-refractivity contribution in [2.24, 2.45) is 30.9 Å². The summed E-state index contributed by atoms with van der Waals surface area (Å²) in [4.78, 5) is 0. The number of rotatable bonds is 10. The molecule has 0 N–H and O–H groups in total. The molecule has 0 radical (unpaired) electrons. The molecule has 0 atom stereocenters. The normalized spacial score (nSPS) is 15.2. The SMILES string of the molecule is CC(=N/[O-])/C(C)=N\O[B-](O/N=C(C)\C(C)=N/[O-])(O/N=C(C)\C(C)=N/[O-])c1ccc(C(C)(C)C)cc1. The summed E-state index contributed by atoms with van der Waals surface area (Å²) in [6.07, 6.45) is 0. The second kappa shape index (κ2) is 12.5. The highest BCUT2D eigenvalue weighted by Gasteiger charge is 2.41. The highest BCUT2D eigenvalue weighted by Crippen LogP contribution is 2.22. The second-order valence-corrected chi connectivity index (χ2v) is 8.89. The van der Waals surface area contributed by atoms with Crippen LogP contribution in [0.4, 0.5) is 0 Å². The van der Waals surface area contributed by atoms with Gasteiger partial charge in [0.05, 0.1) is 34.3 Å². The van der Waals surface area contributed by atoms with E-state index in [1.807, 2.05) is 12.1 Å². The summed E-state index contributed by atoms with van der Waals surface area (Å²) in [6, 6.07) is 7.09. The van der Waals surface area contributed by atoms with Gasteiger partial charge in [0, 0.05) is 0 Å². The van der Waals surface area contributed by atoms with Crippen LogP contribution in [0, 0.1) is 15.6 Å². The molecule has 0 fully saturated rings. The molecule has 0 heterocycles. The van der Waals surface area contributed by atoms with Crippen molar-refractivity contribution in [2.75, 3.05) is 0 Å². The molecule has 0 saturated heterocycles. The fraction of sp³-hybridized carbons (Fsp3) is 0.455. The summed E-state index contributed by atoms with van der Waals surface area (Å²) in [7, 11) is 0. The monoisotopic (exact) mass is 486 g/mol. The lowest BCUT2D eigenvalue weighted by molar-refractivity contribution is 0.0812. The molecule has 1 aromatic carbocycles. The van der Waals surface area contributed by atoms with Crippen molar-refractivity contribution < 1.29 is 14.3 Å². The summed E-state index contributed by atoms with van der Waals surface area (Å²) in [5.74, 6) is 0. The van der Waals surface area contributed by atoms with E-state index >= 15 is 0 Å². The standard InChI is InChI=1S/C22H34BN6O6/c1-14(24-30)17(4)27-33-23(34-28-18(5)15(2)25-31,35-29-19(6)16(3)26-32)21-12-10-20(11-13-21)22(7,8)9/h10-13,30-32H,1-9H3/q-1/p-3/b24-14-,25-15-,26-16-,27-17-,28-18-,29-19-. The van der Waals surface area contributed by atoms with Crippen LogP contribution < -0.4 is 5.46 Å². The molecule has 0 aliphatic rings. The number of hydrogen-bond donors (Lipinski definition) is 0. The van der Waals surface area contributed by atoms with Crippen molar-refractivity contribution in [1.82, 2.24) is 0 Å². The van der Waals surface area contributed by atoms with Gasteiger partial charge in [-0.2, -0.15) is 0 Å². The summed E-state index contributed by atoms with van der Waals surface area (Å²) in [5, 5.41) is 53.1. The van der Waals surface area contributed by atoms with E-state index in [1.54, 1.807) is 12.1 Å². The Bertz CT molecular complexity index is 967. The van der Waals surface area contributed by atoms with Gasteiger partial charge in [0.25, 0.3) is 0 Å². The molecule has 0 aliphatic carbocycles. The Hall–Kier alpha value is -3.90. The zero-order valence-electron chi connectivity index (χ0n) is 21.5. The topological polar surface area (TPSA) is 171 Å². The molecule has 12 nitrogen and oxygen atoms in total. The zero-order chi connectivity index (χ0) is 26.8. The molecule has 0 saturated carbocycles. The van der Waals surface area contributed by atoms with Crippen molar-refractivity contribution >= 4 is 46.5 Å². The van der Waals surface area contributed by atoms with Gasteiger partial charge >= 0.3 is 6.75 Å². The largest absolute Gasteiger partial charge is 0.792 e. The number of hydrogen-bond acceptors (Lipinski definition) is 12.